The van der Waals surface area contributed by atoms with Crippen molar-refractivity contribution in [3.63, 3.8) is 0 Å². The molecule has 6 heteroatoms. The number of hydrogen-bond donors (Lipinski definition) is 2. The van der Waals surface area contributed by atoms with Crippen LogP contribution in [0.4, 0.5) is 5.69 Å². The third-order valence-electron chi connectivity index (χ3n) is 5.01. The summed E-state index contributed by atoms with van der Waals surface area (Å²) >= 11 is 1.58. The van der Waals surface area contributed by atoms with Gasteiger partial charge in [0.25, 0.3) is 5.91 Å². The second-order valence-corrected chi connectivity index (χ2v) is 7.99. The summed E-state index contributed by atoms with van der Waals surface area (Å²) < 4.78 is 0. The highest BCUT2D eigenvalue weighted by molar-refractivity contribution is 7.98. The predicted octanol–water partition coefficient (Wildman–Crippen LogP) is 5.49. The number of benzene rings is 3. The first-order valence-corrected chi connectivity index (χ1v) is 11.2. The van der Waals surface area contributed by atoms with E-state index in [2.05, 4.69) is 10.3 Å². The Labute approximate surface area is 190 Å². The largest absolute Gasteiger partial charge is 0.366 e. The minimum absolute atomic E-state index is 0.240. The van der Waals surface area contributed by atoms with Gasteiger partial charge in [-0.05, 0) is 72.0 Å². The smallest absolute Gasteiger partial charge is 0.256 e. The molecular formula is C26H21N3O2S. The number of aromatic nitrogens is 1. The first kappa shape index (κ1) is 21.3. The lowest BCUT2D eigenvalue weighted by molar-refractivity contribution is 0.0998. The highest BCUT2D eigenvalue weighted by Gasteiger charge is 2.15. The van der Waals surface area contributed by atoms with Crippen molar-refractivity contribution >= 4 is 29.3 Å². The van der Waals surface area contributed by atoms with E-state index < -0.39 is 5.91 Å². The van der Waals surface area contributed by atoms with E-state index in [1.807, 2.05) is 66.9 Å². The predicted molar refractivity (Wildman–Crippen MR) is 130 cm³/mol. The molecule has 3 aromatic carbocycles. The van der Waals surface area contributed by atoms with Crippen molar-refractivity contribution in [3.8, 4) is 22.4 Å². The van der Waals surface area contributed by atoms with Crippen molar-refractivity contribution < 1.29 is 9.59 Å². The van der Waals surface area contributed by atoms with E-state index >= 15 is 0 Å². The lowest BCUT2D eigenvalue weighted by atomic mass is 9.97. The molecule has 0 fully saturated rings. The number of anilines is 1. The van der Waals surface area contributed by atoms with E-state index in [-0.39, 0.29) is 5.91 Å². The van der Waals surface area contributed by atoms with Crippen LogP contribution < -0.4 is 11.1 Å². The third kappa shape index (κ3) is 4.71. The van der Waals surface area contributed by atoms with Crippen LogP contribution in [0.15, 0.2) is 96.0 Å². The Kier molecular flexibility index (Phi) is 6.33. The number of nitrogens with one attached hydrogen (secondary N) is 1. The molecule has 1 aromatic heterocycles. The number of amides is 2. The molecule has 0 unspecified atom stereocenters. The van der Waals surface area contributed by atoms with Gasteiger partial charge in [0.05, 0.1) is 5.69 Å². The van der Waals surface area contributed by atoms with Crippen molar-refractivity contribution in [1.82, 2.24) is 4.98 Å². The Bertz CT molecular complexity index is 1290. The molecule has 0 spiro atoms. The molecule has 0 aliphatic rings. The molecule has 0 bridgehead atoms. The number of carbonyl (C=O) groups is 2. The molecule has 0 saturated heterocycles. The van der Waals surface area contributed by atoms with Crippen molar-refractivity contribution in [2.75, 3.05) is 11.6 Å². The molecule has 158 valence electrons. The van der Waals surface area contributed by atoms with Gasteiger partial charge in [0.1, 0.15) is 0 Å². The Balaban J connectivity index is 1.69. The summed E-state index contributed by atoms with van der Waals surface area (Å²) in [5, 5.41) is 2.99. The normalized spacial score (nSPS) is 10.5. The minimum atomic E-state index is -0.509. The molecule has 5 nitrogen and oxygen atoms in total. The molecule has 0 aliphatic carbocycles. The van der Waals surface area contributed by atoms with Crippen LogP contribution >= 0.6 is 11.8 Å². The fourth-order valence-electron chi connectivity index (χ4n) is 3.42. The van der Waals surface area contributed by atoms with E-state index in [0.29, 0.717) is 16.8 Å². The van der Waals surface area contributed by atoms with E-state index in [9.17, 15) is 9.59 Å². The first-order chi connectivity index (χ1) is 15.5. The number of nitrogens with zero attached hydrogens (tertiary/aromatic N) is 1. The zero-order valence-corrected chi connectivity index (χ0v) is 18.2. The molecule has 2 amide bonds. The highest BCUT2D eigenvalue weighted by Crippen LogP contribution is 2.30. The van der Waals surface area contributed by atoms with Gasteiger partial charge in [-0.1, -0.05) is 30.3 Å². The number of rotatable bonds is 6. The van der Waals surface area contributed by atoms with Crippen LogP contribution in [0.1, 0.15) is 20.7 Å². The van der Waals surface area contributed by atoms with Crippen LogP contribution in [-0.4, -0.2) is 23.1 Å². The monoisotopic (exact) mass is 439 g/mol. The fourth-order valence-corrected chi connectivity index (χ4v) is 3.86. The van der Waals surface area contributed by atoms with Gasteiger partial charge in [-0.25, -0.2) is 0 Å². The standard InChI is InChI=1S/C26H21N3O2S/c1-32-21-11-12-22(23(16-21)17-6-4-8-19(14-17)25(27)30)26(31)29-20-9-5-7-18(15-20)24-10-2-3-13-28-24/h2-16H,1H3,(H2,27,30)(H,29,31). The second kappa shape index (κ2) is 9.49. The van der Waals surface area contributed by atoms with Crippen LogP contribution in [-0.2, 0) is 0 Å². The molecule has 3 N–H and O–H groups in total. The SMILES string of the molecule is CSc1ccc(C(=O)Nc2cccc(-c3ccccn3)c2)c(-c2cccc(C(N)=O)c2)c1. The van der Waals surface area contributed by atoms with Crippen LogP contribution in [0.25, 0.3) is 22.4 Å². The van der Waals surface area contributed by atoms with Gasteiger partial charge in [0.15, 0.2) is 0 Å². The van der Waals surface area contributed by atoms with Crippen molar-refractivity contribution in [1.29, 1.82) is 0 Å². The van der Waals surface area contributed by atoms with Gasteiger partial charge in [-0.15, -0.1) is 11.8 Å². The van der Waals surface area contributed by atoms with Gasteiger partial charge < -0.3 is 11.1 Å². The average Bonchev–Trinajstić information content (AvgIpc) is 2.84. The van der Waals surface area contributed by atoms with Crippen LogP contribution in [0.2, 0.25) is 0 Å². The maximum atomic E-state index is 13.2. The van der Waals surface area contributed by atoms with E-state index in [1.54, 1.807) is 42.2 Å². The number of carbonyl (C=O) groups excluding carboxylic acids is 2. The van der Waals surface area contributed by atoms with Gasteiger partial charge in [0.2, 0.25) is 5.91 Å². The molecule has 0 atom stereocenters. The summed E-state index contributed by atoms with van der Waals surface area (Å²) in [6, 6.07) is 25.9. The molecule has 4 rings (SSSR count). The second-order valence-electron chi connectivity index (χ2n) is 7.11. The summed E-state index contributed by atoms with van der Waals surface area (Å²) in [5.74, 6) is -0.750. The summed E-state index contributed by atoms with van der Waals surface area (Å²) in [6.45, 7) is 0. The van der Waals surface area contributed by atoms with E-state index in [1.165, 1.54) is 0 Å². The molecule has 0 saturated carbocycles. The summed E-state index contributed by atoms with van der Waals surface area (Å²) in [6.07, 6.45) is 3.71. The zero-order valence-electron chi connectivity index (χ0n) is 17.4. The molecule has 32 heavy (non-hydrogen) atoms. The molecular weight excluding hydrogens is 418 g/mol. The topological polar surface area (TPSA) is 85.1 Å². The van der Waals surface area contributed by atoms with E-state index in [0.717, 1.165) is 27.3 Å². The first-order valence-electron chi connectivity index (χ1n) is 9.96. The Morgan fingerprint density at radius 3 is 2.44 bits per heavy atom. The molecule has 4 aromatic rings. The van der Waals surface area contributed by atoms with Crippen molar-refractivity contribution in [2.24, 2.45) is 5.73 Å². The molecule has 0 radical (unpaired) electrons. The Morgan fingerprint density at radius 2 is 1.69 bits per heavy atom. The number of nitrogens with two attached hydrogens (primary N) is 1. The lowest BCUT2D eigenvalue weighted by Gasteiger charge is -2.13. The van der Waals surface area contributed by atoms with Gasteiger partial charge in [0, 0.05) is 33.5 Å². The third-order valence-corrected chi connectivity index (χ3v) is 5.74. The number of primary amides is 1. The molecule has 1 heterocycles. The average molecular weight is 440 g/mol. The van der Waals surface area contributed by atoms with Crippen LogP contribution in [0.5, 0.6) is 0 Å². The lowest BCUT2D eigenvalue weighted by Crippen LogP contribution is -2.14. The number of hydrogen-bond acceptors (Lipinski definition) is 4. The number of thioether (sulfide) groups is 1. The fraction of sp³-hybridized carbons (Fsp3) is 0.0385. The Hall–Kier alpha value is -3.90. The number of pyridine rings is 1. The zero-order chi connectivity index (χ0) is 22.5. The van der Waals surface area contributed by atoms with E-state index in [4.69, 9.17) is 5.73 Å². The van der Waals surface area contributed by atoms with Crippen LogP contribution in [0.3, 0.4) is 0 Å². The molecule has 0 aliphatic heterocycles. The maximum Gasteiger partial charge on any atom is 0.256 e. The summed E-state index contributed by atoms with van der Waals surface area (Å²) in [5.41, 5.74) is 10.3. The van der Waals surface area contributed by atoms with Crippen LogP contribution in [0, 0.1) is 0 Å². The highest BCUT2D eigenvalue weighted by atomic mass is 32.2. The Morgan fingerprint density at radius 1 is 0.875 bits per heavy atom. The van der Waals surface area contributed by atoms with Gasteiger partial charge >= 0.3 is 0 Å². The quantitative estimate of drug-likeness (QED) is 0.389. The van der Waals surface area contributed by atoms with Crippen molar-refractivity contribution in [3.05, 3.63) is 102 Å². The van der Waals surface area contributed by atoms with Gasteiger partial charge in [-0.2, -0.15) is 0 Å². The summed E-state index contributed by atoms with van der Waals surface area (Å²) in [4.78, 5) is 30.3. The summed E-state index contributed by atoms with van der Waals surface area (Å²) in [7, 11) is 0. The van der Waals surface area contributed by atoms with Crippen molar-refractivity contribution in [2.45, 2.75) is 4.90 Å². The maximum absolute atomic E-state index is 13.2. The minimum Gasteiger partial charge on any atom is -0.366 e. The van der Waals surface area contributed by atoms with Gasteiger partial charge in [-0.3, -0.25) is 14.6 Å².